The van der Waals surface area contributed by atoms with E-state index in [0.717, 1.165) is 59.0 Å². The molecule has 2 heterocycles. The first-order valence-corrected chi connectivity index (χ1v) is 11.8. The van der Waals surface area contributed by atoms with Gasteiger partial charge in [0.05, 0.1) is 19.3 Å². The topological polar surface area (TPSA) is 48.0 Å². The third-order valence-electron chi connectivity index (χ3n) is 6.32. The maximum Gasteiger partial charge on any atom is 0.234 e. The second kappa shape index (κ2) is 11.6. The van der Waals surface area contributed by atoms with E-state index >= 15 is 0 Å². The van der Waals surface area contributed by atoms with Crippen LogP contribution in [0.25, 0.3) is 0 Å². The Hall–Kier alpha value is -2.25. The number of nitrogens with zero attached hydrogens (tertiary/aromatic N) is 3. The molecule has 2 fully saturated rings. The van der Waals surface area contributed by atoms with Crippen molar-refractivity contribution in [1.29, 1.82) is 0 Å². The smallest absolute Gasteiger partial charge is 0.234 e. The molecule has 1 atom stereocenters. The van der Waals surface area contributed by atoms with E-state index in [4.69, 9.17) is 4.74 Å². The highest BCUT2D eigenvalue weighted by Crippen LogP contribution is 2.11. The number of morpholine rings is 1. The average molecular weight is 437 g/mol. The summed E-state index contributed by atoms with van der Waals surface area (Å²) in [5.74, 6) is 0.0981. The van der Waals surface area contributed by atoms with Gasteiger partial charge in [-0.15, -0.1) is 0 Å². The number of ether oxygens (including phenoxy) is 1. The van der Waals surface area contributed by atoms with Crippen LogP contribution in [0.15, 0.2) is 54.6 Å². The van der Waals surface area contributed by atoms with E-state index in [2.05, 4.69) is 75.5 Å². The summed E-state index contributed by atoms with van der Waals surface area (Å²) in [6, 6.07) is 19.2. The average Bonchev–Trinajstić information content (AvgIpc) is 2.80. The van der Waals surface area contributed by atoms with Crippen LogP contribution in [-0.4, -0.2) is 85.7 Å². The number of benzene rings is 2. The highest BCUT2D eigenvalue weighted by Gasteiger charge is 2.23. The predicted molar refractivity (Wildman–Crippen MR) is 127 cm³/mol. The number of rotatable bonds is 8. The van der Waals surface area contributed by atoms with Crippen LogP contribution in [0.2, 0.25) is 0 Å². The largest absolute Gasteiger partial charge is 0.374 e. The molecule has 0 aromatic heterocycles. The van der Waals surface area contributed by atoms with Gasteiger partial charge in [-0.25, -0.2) is 0 Å². The lowest BCUT2D eigenvalue weighted by atomic mass is 10.1. The Morgan fingerprint density at radius 3 is 2.41 bits per heavy atom. The molecule has 2 aliphatic rings. The molecule has 2 saturated heterocycles. The van der Waals surface area contributed by atoms with Gasteiger partial charge in [0.2, 0.25) is 5.91 Å². The lowest BCUT2D eigenvalue weighted by molar-refractivity contribution is -0.124. The molecule has 1 unspecified atom stereocenters. The summed E-state index contributed by atoms with van der Waals surface area (Å²) in [7, 11) is 0. The molecule has 172 valence electrons. The summed E-state index contributed by atoms with van der Waals surface area (Å²) in [4.78, 5) is 19.6. The number of piperazine rings is 1. The van der Waals surface area contributed by atoms with Crippen LogP contribution in [0.1, 0.15) is 16.7 Å². The van der Waals surface area contributed by atoms with Crippen molar-refractivity contribution in [2.24, 2.45) is 0 Å². The minimum Gasteiger partial charge on any atom is -0.374 e. The number of aryl methyl sites for hydroxylation is 1. The van der Waals surface area contributed by atoms with Gasteiger partial charge < -0.3 is 10.1 Å². The molecule has 6 heteroatoms. The molecule has 4 rings (SSSR count). The molecule has 0 radical (unpaired) electrons. The molecule has 2 aliphatic heterocycles. The second-order valence-corrected chi connectivity index (χ2v) is 9.06. The third-order valence-corrected chi connectivity index (χ3v) is 6.32. The van der Waals surface area contributed by atoms with Gasteiger partial charge in [-0.05, 0) is 18.1 Å². The van der Waals surface area contributed by atoms with Crippen molar-refractivity contribution >= 4 is 5.91 Å². The van der Waals surface area contributed by atoms with Crippen molar-refractivity contribution in [2.45, 2.75) is 26.1 Å². The number of carbonyl (C=O) groups is 1. The first kappa shape index (κ1) is 22.9. The normalized spacial score (nSPS) is 20.8. The van der Waals surface area contributed by atoms with E-state index in [-0.39, 0.29) is 12.0 Å². The monoisotopic (exact) mass is 436 g/mol. The molecule has 0 aliphatic carbocycles. The van der Waals surface area contributed by atoms with Crippen LogP contribution in [0.4, 0.5) is 0 Å². The molecular formula is C26H36N4O2. The van der Waals surface area contributed by atoms with E-state index in [1.807, 2.05) is 6.07 Å². The second-order valence-electron chi connectivity index (χ2n) is 9.06. The molecule has 0 bridgehead atoms. The van der Waals surface area contributed by atoms with Gasteiger partial charge in [0, 0.05) is 58.9 Å². The van der Waals surface area contributed by atoms with E-state index in [1.54, 1.807) is 0 Å². The Morgan fingerprint density at radius 2 is 1.62 bits per heavy atom. The fraction of sp³-hybridized carbons (Fsp3) is 0.500. The van der Waals surface area contributed by atoms with Crippen LogP contribution in [-0.2, 0) is 22.6 Å². The minimum absolute atomic E-state index is 0.0580. The van der Waals surface area contributed by atoms with Gasteiger partial charge in [-0.2, -0.15) is 0 Å². The lowest BCUT2D eigenvalue weighted by Crippen LogP contribution is -2.51. The van der Waals surface area contributed by atoms with Gasteiger partial charge in [0.1, 0.15) is 0 Å². The summed E-state index contributed by atoms with van der Waals surface area (Å²) < 4.78 is 5.89. The van der Waals surface area contributed by atoms with Crippen molar-refractivity contribution in [1.82, 2.24) is 20.0 Å². The Labute approximate surface area is 192 Å². The highest BCUT2D eigenvalue weighted by molar-refractivity contribution is 5.78. The maximum absolute atomic E-state index is 12.5. The third kappa shape index (κ3) is 7.14. The Bertz CT molecular complexity index is 852. The molecule has 6 nitrogen and oxygen atoms in total. The number of nitrogens with one attached hydrogen (secondary N) is 1. The van der Waals surface area contributed by atoms with Crippen molar-refractivity contribution in [2.75, 3.05) is 59.0 Å². The van der Waals surface area contributed by atoms with E-state index < -0.39 is 0 Å². The fourth-order valence-electron chi connectivity index (χ4n) is 4.55. The molecule has 2 aromatic carbocycles. The molecule has 2 aromatic rings. The minimum atomic E-state index is 0.0580. The highest BCUT2D eigenvalue weighted by atomic mass is 16.5. The van der Waals surface area contributed by atoms with Gasteiger partial charge in [-0.3, -0.25) is 19.5 Å². The zero-order chi connectivity index (χ0) is 22.2. The molecule has 0 spiro atoms. The number of hydrogen-bond donors (Lipinski definition) is 1. The predicted octanol–water partition coefficient (Wildman–Crippen LogP) is 2.13. The van der Waals surface area contributed by atoms with E-state index in [9.17, 15) is 4.79 Å². The summed E-state index contributed by atoms with van der Waals surface area (Å²) in [5, 5.41) is 3.10. The maximum atomic E-state index is 12.5. The van der Waals surface area contributed by atoms with E-state index in [1.165, 1.54) is 16.7 Å². The van der Waals surface area contributed by atoms with Crippen molar-refractivity contribution in [3.8, 4) is 0 Å². The molecule has 0 saturated carbocycles. The summed E-state index contributed by atoms with van der Waals surface area (Å²) in [6.07, 6.45) is 0.0580. The summed E-state index contributed by atoms with van der Waals surface area (Å²) in [6.45, 7) is 11.5. The number of hydrogen-bond acceptors (Lipinski definition) is 5. The quantitative estimate of drug-likeness (QED) is 0.687. The number of carbonyl (C=O) groups excluding carboxylic acids is 1. The molecular weight excluding hydrogens is 400 g/mol. The fourth-order valence-corrected chi connectivity index (χ4v) is 4.55. The van der Waals surface area contributed by atoms with Crippen LogP contribution < -0.4 is 5.32 Å². The van der Waals surface area contributed by atoms with Gasteiger partial charge >= 0.3 is 0 Å². The van der Waals surface area contributed by atoms with Gasteiger partial charge in [0.25, 0.3) is 0 Å². The standard InChI is InChI=1S/C26H36N4O2/c1-22-6-5-9-24(16-22)19-28-10-12-29(13-11-28)21-26(31)27-17-25-20-30(14-15-32-25)18-23-7-3-2-4-8-23/h2-9,16,25H,10-15,17-21H2,1H3,(H,27,31). The lowest BCUT2D eigenvalue weighted by Gasteiger charge is -2.35. The van der Waals surface area contributed by atoms with Gasteiger partial charge in [0.15, 0.2) is 0 Å². The molecule has 32 heavy (non-hydrogen) atoms. The van der Waals surface area contributed by atoms with Crippen LogP contribution in [0.3, 0.4) is 0 Å². The van der Waals surface area contributed by atoms with E-state index in [0.29, 0.717) is 13.1 Å². The first-order valence-electron chi connectivity index (χ1n) is 11.8. The van der Waals surface area contributed by atoms with Gasteiger partial charge in [-0.1, -0.05) is 60.2 Å². The van der Waals surface area contributed by atoms with Crippen LogP contribution in [0, 0.1) is 6.92 Å². The molecule has 1 N–H and O–H groups in total. The zero-order valence-electron chi connectivity index (χ0n) is 19.2. The van der Waals surface area contributed by atoms with Crippen LogP contribution >= 0.6 is 0 Å². The summed E-state index contributed by atoms with van der Waals surface area (Å²) >= 11 is 0. The Balaban J connectivity index is 1.13. The first-order chi connectivity index (χ1) is 15.6. The Morgan fingerprint density at radius 1 is 0.906 bits per heavy atom. The van der Waals surface area contributed by atoms with Crippen molar-refractivity contribution < 1.29 is 9.53 Å². The van der Waals surface area contributed by atoms with Crippen LogP contribution in [0.5, 0.6) is 0 Å². The SMILES string of the molecule is Cc1cccc(CN2CCN(CC(=O)NCC3CN(Cc4ccccc4)CCO3)CC2)c1. The Kier molecular flexibility index (Phi) is 8.29. The van der Waals surface area contributed by atoms with Crippen molar-refractivity contribution in [3.05, 3.63) is 71.3 Å². The summed E-state index contributed by atoms with van der Waals surface area (Å²) in [5.41, 5.74) is 3.99. The number of amides is 1. The van der Waals surface area contributed by atoms with Crippen molar-refractivity contribution in [3.63, 3.8) is 0 Å². The zero-order valence-corrected chi connectivity index (χ0v) is 19.2. The molecule has 1 amide bonds.